The number of halogens is 4. The van der Waals surface area contributed by atoms with E-state index in [9.17, 15) is 17.6 Å². The van der Waals surface area contributed by atoms with Gasteiger partial charge in [0.15, 0.2) is 0 Å². The first-order valence-electron chi connectivity index (χ1n) is 6.30. The number of aromatic nitrogens is 1. The van der Waals surface area contributed by atoms with E-state index in [1.54, 1.807) is 0 Å². The summed E-state index contributed by atoms with van der Waals surface area (Å²) in [7, 11) is 0. The van der Waals surface area contributed by atoms with Crippen LogP contribution in [0.5, 0.6) is 0 Å². The molecule has 1 aromatic heterocycles. The van der Waals surface area contributed by atoms with Gasteiger partial charge in [-0.15, -0.1) is 0 Å². The van der Waals surface area contributed by atoms with Gasteiger partial charge in [-0.1, -0.05) is 0 Å². The Kier molecular flexibility index (Phi) is 2.81. The van der Waals surface area contributed by atoms with Crippen LogP contribution < -0.4 is 5.32 Å². The van der Waals surface area contributed by atoms with Crippen molar-refractivity contribution in [3.05, 3.63) is 29.3 Å². The smallest absolute Gasteiger partial charge is 0.316 e. The molecule has 0 unspecified atom stereocenters. The van der Waals surface area contributed by atoms with Crippen LogP contribution in [0.25, 0.3) is 0 Å². The Morgan fingerprint density at radius 3 is 2.47 bits per heavy atom. The lowest BCUT2D eigenvalue weighted by atomic mass is 9.57. The lowest BCUT2D eigenvalue weighted by Gasteiger charge is -2.54. The van der Waals surface area contributed by atoms with Crippen molar-refractivity contribution in [3.63, 3.8) is 0 Å². The molecule has 1 aliphatic carbocycles. The first-order chi connectivity index (χ1) is 8.88. The fourth-order valence-electron chi connectivity index (χ4n) is 3.12. The van der Waals surface area contributed by atoms with Crippen LogP contribution in [-0.4, -0.2) is 18.1 Å². The van der Waals surface area contributed by atoms with Crippen molar-refractivity contribution in [1.29, 1.82) is 0 Å². The zero-order valence-corrected chi connectivity index (χ0v) is 10.2. The van der Waals surface area contributed by atoms with E-state index in [1.807, 2.05) is 0 Å². The molecule has 1 saturated heterocycles. The molecule has 0 atom stereocenters. The standard InChI is InChI=1S/C13H14F4N2/c14-10-2-9(13(15,16)17)5-19-11(10)1-8-3-12(4-8)6-18-7-12/h2,5,8,18H,1,3-4,6-7H2. The SMILES string of the molecule is Fc1cc(C(F)(F)F)cnc1CC1CC2(CNC2)C1. The van der Waals surface area contributed by atoms with Crippen molar-refractivity contribution < 1.29 is 17.6 Å². The summed E-state index contributed by atoms with van der Waals surface area (Å²) in [6, 6.07) is 0.543. The zero-order valence-electron chi connectivity index (χ0n) is 10.2. The second-order valence-corrected chi connectivity index (χ2v) is 5.73. The van der Waals surface area contributed by atoms with Gasteiger partial charge < -0.3 is 5.32 Å². The molecule has 1 spiro atoms. The summed E-state index contributed by atoms with van der Waals surface area (Å²) in [5, 5.41) is 3.21. The molecule has 2 aliphatic rings. The Morgan fingerprint density at radius 2 is 2.00 bits per heavy atom. The monoisotopic (exact) mass is 274 g/mol. The molecule has 1 aliphatic heterocycles. The van der Waals surface area contributed by atoms with Gasteiger partial charge in [0, 0.05) is 19.3 Å². The molecule has 0 aromatic carbocycles. The molecule has 2 fully saturated rings. The lowest BCUT2D eigenvalue weighted by molar-refractivity contribution is -0.138. The number of rotatable bonds is 2. The first kappa shape index (κ1) is 12.8. The van der Waals surface area contributed by atoms with Gasteiger partial charge >= 0.3 is 6.18 Å². The van der Waals surface area contributed by atoms with E-state index in [0.29, 0.717) is 23.8 Å². The van der Waals surface area contributed by atoms with E-state index in [2.05, 4.69) is 10.3 Å². The maximum atomic E-state index is 13.6. The highest BCUT2D eigenvalue weighted by Gasteiger charge is 2.48. The number of hydrogen-bond donors (Lipinski definition) is 1. The highest BCUT2D eigenvalue weighted by atomic mass is 19.4. The van der Waals surface area contributed by atoms with Gasteiger partial charge in [-0.2, -0.15) is 13.2 Å². The second-order valence-electron chi connectivity index (χ2n) is 5.73. The average molecular weight is 274 g/mol. The average Bonchev–Trinajstić information content (AvgIpc) is 2.20. The molecule has 0 bridgehead atoms. The van der Waals surface area contributed by atoms with Crippen molar-refractivity contribution in [2.45, 2.75) is 25.4 Å². The van der Waals surface area contributed by atoms with Gasteiger partial charge in [0.25, 0.3) is 0 Å². The number of pyridine rings is 1. The quantitative estimate of drug-likeness (QED) is 0.839. The normalized spacial score (nSPS) is 22.1. The Balaban J connectivity index is 1.65. The van der Waals surface area contributed by atoms with Crippen LogP contribution in [0, 0.1) is 17.2 Å². The van der Waals surface area contributed by atoms with Gasteiger partial charge in [-0.05, 0) is 36.7 Å². The molecule has 0 amide bonds. The molecule has 6 heteroatoms. The third-order valence-corrected chi connectivity index (χ3v) is 4.17. The number of nitrogens with zero attached hydrogens (tertiary/aromatic N) is 1. The van der Waals surface area contributed by atoms with E-state index in [-0.39, 0.29) is 5.69 Å². The molecule has 1 N–H and O–H groups in total. The predicted octanol–water partition coefficient (Wildman–Crippen LogP) is 2.78. The maximum Gasteiger partial charge on any atom is 0.417 e. The van der Waals surface area contributed by atoms with Crippen LogP contribution in [0.2, 0.25) is 0 Å². The maximum absolute atomic E-state index is 13.6. The Labute approximate surface area is 108 Å². The molecule has 3 rings (SSSR count). The molecule has 19 heavy (non-hydrogen) atoms. The van der Waals surface area contributed by atoms with Gasteiger partial charge in [0.1, 0.15) is 5.82 Å². The van der Waals surface area contributed by atoms with Gasteiger partial charge in [0.05, 0.1) is 11.3 Å². The zero-order chi connectivity index (χ0) is 13.7. The molecular formula is C13H14F4N2. The van der Waals surface area contributed by atoms with Gasteiger partial charge in [-0.3, -0.25) is 4.98 Å². The Morgan fingerprint density at radius 1 is 1.32 bits per heavy atom. The molecular weight excluding hydrogens is 260 g/mol. The van der Waals surface area contributed by atoms with Crippen LogP contribution in [0.1, 0.15) is 24.1 Å². The van der Waals surface area contributed by atoms with Crippen LogP contribution in [0.15, 0.2) is 12.3 Å². The fourth-order valence-corrected chi connectivity index (χ4v) is 3.12. The first-order valence-corrected chi connectivity index (χ1v) is 6.30. The molecule has 0 radical (unpaired) electrons. The van der Waals surface area contributed by atoms with Crippen molar-refractivity contribution >= 4 is 0 Å². The minimum atomic E-state index is -4.54. The summed E-state index contributed by atoms with van der Waals surface area (Å²) in [6.07, 6.45) is -1.35. The van der Waals surface area contributed by atoms with E-state index >= 15 is 0 Å². The van der Waals surface area contributed by atoms with E-state index < -0.39 is 17.6 Å². The number of hydrogen-bond acceptors (Lipinski definition) is 2. The van der Waals surface area contributed by atoms with Gasteiger partial charge in [0.2, 0.25) is 0 Å². The van der Waals surface area contributed by atoms with Crippen LogP contribution >= 0.6 is 0 Å². The van der Waals surface area contributed by atoms with Gasteiger partial charge in [-0.25, -0.2) is 4.39 Å². The topological polar surface area (TPSA) is 24.9 Å². The Hall–Kier alpha value is -1.17. The van der Waals surface area contributed by atoms with Crippen molar-refractivity contribution in [1.82, 2.24) is 10.3 Å². The Bertz CT molecular complexity index is 486. The largest absolute Gasteiger partial charge is 0.417 e. The second kappa shape index (κ2) is 4.16. The predicted molar refractivity (Wildman–Crippen MR) is 60.9 cm³/mol. The third kappa shape index (κ3) is 2.33. The summed E-state index contributed by atoms with van der Waals surface area (Å²) in [5.74, 6) is -0.497. The van der Waals surface area contributed by atoms with Crippen molar-refractivity contribution in [2.75, 3.05) is 13.1 Å². The van der Waals surface area contributed by atoms with Crippen molar-refractivity contribution in [3.8, 4) is 0 Å². The molecule has 2 nitrogen and oxygen atoms in total. The summed E-state index contributed by atoms with van der Waals surface area (Å²) in [5.41, 5.74) is -0.491. The van der Waals surface area contributed by atoms with Crippen LogP contribution in [0.4, 0.5) is 17.6 Å². The minimum Gasteiger partial charge on any atom is -0.316 e. The molecule has 1 saturated carbocycles. The highest BCUT2D eigenvalue weighted by molar-refractivity contribution is 5.20. The summed E-state index contributed by atoms with van der Waals surface area (Å²) >= 11 is 0. The molecule has 104 valence electrons. The highest BCUT2D eigenvalue weighted by Crippen LogP contribution is 2.49. The molecule has 2 heterocycles. The summed E-state index contributed by atoms with van der Waals surface area (Å²) < 4.78 is 50.8. The third-order valence-electron chi connectivity index (χ3n) is 4.17. The molecule has 1 aromatic rings. The number of nitrogens with one attached hydrogen (secondary N) is 1. The van der Waals surface area contributed by atoms with Crippen molar-refractivity contribution in [2.24, 2.45) is 11.3 Å². The number of alkyl halides is 3. The van der Waals surface area contributed by atoms with E-state index in [1.165, 1.54) is 0 Å². The minimum absolute atomic E-state index is 0.153. The van der Waals surface area contributed by atoms with Crippen LogP contribution in [-0.2, 0) is 12.6 Å². The summed E-state index contributed by atoms with van der Waals surface area (Å²) in [6.45, 7) is 2.01. The van der Waals surface area contributed by atoms with E-state index in [0.717, 1.165) is 32.1 Å². The summed E-state index contributed by atoms with van der Waals surface area (Å²) in [4.78, 5) is 3.65. The van der Waals surface area contributed by atoms with Crippen LogP contribution in [0.3, 0.4) is 0 Å². The van der Waals surface area contributed by atoms with E-state index in [4.69, 9.17) is 0 Å². The fraction of sp³-hybridized carbons (Fsp3) is 0.615. The lowest BCUT2D eigenvalue weighted by Crippen LogP contribution is -2.60.